The summed E-state index contributed by atoms with van der Waals surface area (Å²) in [5, 5.41) is 9.81. The number of nitrogens with one attached hydrogen (secondary N) is 2. The first-order valence-corrected chi connectivity index (χ1v) is 9.54. The summed E-state index contributed by atoms with van der Waals surface area (Å²) in [6, 6.07) is 3.78. The van der Waals surface area contributed by atoms with E-state index >= 15 is 0 Å². The molecule has 0 aromatic carbocycles. The Bertz CT molecular complexity index is 856. The minimum absolute atomic E-state index is 0.219. The summed E-state index contributed by atoms with van der Waals surface area (Å²) in [5.74, 6) is -0.219. The molecule has 0 unspecified atom stereocenters. The van der Waals surface area contributed by atoms with E-state index in [1.807, 2.05) is 12.1 Å². The van der Waals surface area contributed by atoms with Crippen LogP contribution in [0.3, 0.4) is 0 Å². The molecule has 0 aliphatic carbocycles. The molecule has 7 nitrogen and oxygen atoms in total. The van der Waals surface area contributed by atoms with Gasteiger partial charge in [-0.15, -0.1) is 11.3 Å². The van der Waals surface area contributed by atoms with E-state index in [9.17, 15) is 4.79 Å². The summed E-state index contributed by atoms with van der Waals surface area (Å²) in [6.45, 7) is 3.69. The van der Waals surface area contributed by atoms with Gasteiger partial charge in [-0.05, 0) is 23.7 Å². The van der Waals surface area contributed by atoms with Crippen LogP contribution in [-0.4, -0.2) is 46.4 Å². The van der Waals surface area contributed by atoms with E-state index in [0.717, 1.165) is 47.4 Å². The molecule has 128 valence electrons. The predicted molar refractivity (Wildman–Crippen MR) is 100 cm³/mol. The molecular formula is C16H16N6OS2. The lowest BCUT2D eigenvalue weighted by Crippen LogP contribution is -2.43. The van der Waals surface area contributed by atoms with E-state index in [-0.39, 0.29) is 5.91 Å². The summed E-state index contributed by atoms with van der Waals surface area (Å²) in [7, 11) is 0. The molecule has 1 saturated heterocycles. The molecule has 0 spiro atoms. The molecule has 0 bridgehead atoms. The lowest BCUT2D eigenvalue weighted by atomic mass is 10.3. The van der Waals surface area contributed by atoms with Crippen LogP contribution in [0.4, 0.5) is 10.7 Å². The highest BCUT2D eigenvalue weighted by Crippen LogP contribution is 2.31. The molecule has 9 heteroatoms. The van der Waals surface area contributed by atoms with E-state index in [1.165, 1.54) is 22.9 Å². The molecule has 4 heterocycles. The number of aromatic nitrogens is 3. The molecule has 2 N–H and O–H groups in total. The zero-order chi connectivity index (χ0) is 17.1. The molecule has 4 rings (SSSR count). The first-order chi connectivity index (χ1) is 12.3. The molecule has 1 amide bonds. The van der Waals surface area contributed by atoms with Crippen molar-refractivity contribution in [1.82, 2.24) is 19.7 Å². The van der Waals surface area contributed by atoms with Gasteiger partial charge in [0.05, 0.1) is 11.9 Å². The van der Waals surface area contributed by atoms with Gasteiger partial charge in [-0.1, -0.05) is 0 Å². The van der Waals surface area contributed by atoms with Gasteiger partial charge in [0, 0.05) is 49.5 Å². The van der Waals surface area contributed by atoms with Gasteiger partial charge in [0.2, 0.25) is 0 Å². The van der Waals surface area contributed by atoms with Crippen molar-refractivity contribution in [3.8, 4) is 10.6 Å². The number of pyridine rings is 1. The second kappa shape index (κ2) is 7.26. The van der Waals surface area contributed by atoms with Crippen molar-refractivity contribution in [2.75, 3.05) is 36.4 Å². The summed E-state index contributed by atoms with van der Waals surface area (Å²) >= 11 is 2.83. The van der Waals surface area contributed by atoms with Crippen LogP contribution in [0.15, 0.2) is 36.1 Å². The van der Waals surface area contributed by atoms with E-state index in [4.69, 9.17) is 0 Å². The summed E-state index contributed by atoms with van der Waals surface area (Å²) in [4.78, 5) is 23.3. The van der Waals surface area contributed by atoms with Crippen molar-refractivity contribution in [1.29, 1.82) is 0 Å². The first-order valence-electron chi connectivity index (χ1n) is 7.89. The lowest BCUT2D eigenvalue weighted by molar-refractivity contribution is 0.102. The zero-order valence-corrected chi connectivity index (χ0v) is 14.9. The molecule has 25 heavy (non-hydrogen) atoms. The minimum Gasteiger partial charge on any atom is -0.358 e. The number of anilines is 2. The van der Waals surface area contributed by atoms with Gasteiger partial charge < -0.3 is 15.5 Å². The average molecular weight is 372 g/mol. The van der Waals surface area contributed by atoms with Gasteiger partial charge in [0.15, 0.2) is 0 Å². The van der Waals surface area contributed by atoms with Crippen molar-refractivity contribution in [2.45, 2.75) is 0 Å². The van der Waals surface area contributed by atoms with E-state index < -0.39 is 0 Å². The molecule has 0 atom stereocenters. The third kappa shape index (κ3) is 3.53. The Labute approximate surface area is 152 Å². The first kappa shape index (κ1) is 16.1. The monoisotopic (exact) mass is 372 g/mol. The van der Waals surface area contributed by atoms with Crippen LogP contribution in [0.2, 0.25) is 0 Å². The van der Waals surface area contributed by atoms with Gasteiger partial charge in [-0.3, -0.25) is 9.78 Å². The molecular weight excluding hydrogens is 356 g/mol. The standard InChI is InChI=1S/C16H16N6OS2/c23-14(13-10-24-15(21-13)11-2-1-3-18-8-11)20-12-9-19-25-16(12)22-6-4-17-5-7-22/h1-3,8-10,17H,4-7H2,(H,20,23). The smallest absolute Gasteiger partial charge is 0.275 e. The molecule has 1 fully saturated rings. The van der Waals surface area contributed by atoms with Crippen molar-refractivity contribution in [3.05, 3.63) is 41.8 Å². The van der Waals surface area contributed by atoms with Gasteiger partial charge >= 0.3 is 0 Å². The lowest BCUT2D eigenvalue weighted by Gasteiger charge is -2.28. The van der Waals surface area contributed by atoms with Crippen LogP contribution >= 0.6 is 22.9 Å². The zero-order valence-electron chi connectivity index (χ0n) is 13.3. The molecule has 1 aliphatic rings. The quantitative estimate of drug-likeness (QED) is 0.731. The van der Waals surface area contributed by atoms with Gasteiger partial charge in [0.1, 0.15) is 15.7 Å². The number of piperazine rings is 1. The van der Waals surface area contributed by atoms with Gasteiger partial charge in [-0.25, -0.2) is 4.98 Å². The number of amides is 1. The fraction of sp³-hybridized carbons (Fsp3) is 0.250. The highest BCUT2D eigenvalue weighted by atomic mass is 32.1. The van der Waals surface area contributed by atoms with Crippen molar-refractivity contribution in [2.24, 2.45) is 0 Å². The highest BCUT2D eigenvalue weighted by Gasteiger charge is 2.19. The fourth-order valence-corrected chi connectivity index (χ4v) is 4.15. The number of carbonyl (C=O) groups excluding carboxylic acids is 1. The van der Waals surface area contributed by atoms with Crippen LogP contribution in [0, 0.1) is 0 Å². The van der Waals surface area contributed by atoms with Crippen LogP contribution in [0.25, 0.3) is 10.6 Å². The maximum absolute atomic E-state index is 12.6. The Morgan fingerprint density at radius 3 is 2.96 bits per heavy atom. The highest BCUT2D eigenvalue weighted by molar-refractivity contribution is 7.13. The Hall–Kier alpha value is -2.36. The Balaban J connectivity index is 1.50. The number of hydrogen-bond donors (Lipinski definition) is 2. The number of carbonyl (C=O) groups is 1. The van der Waals surface area contributed by atoms with Crippen LogP contribution in [-0.2, 0) is 0 Å². The Kier molecular flexibility index (Phi) is 4.68. The number of thiazole rings is 1. The average Bonchev–Trinajstić information content (AvgIpc) is 3.33. The summed E-state index contributed by atoms with van der Waals surface area (Å²) in [6.07, 6.45) is 5.16. The second-order valence-electron chi connectivity index (χ2n) is 5.52. The SMILES string of the molecule is O=C(Nc1cnsc1N1CCNCC1)c1csc(-c2cccnc2)n1. The Morgan fingerprint density at radius 2 is 2.16 bits per heavy atom. The van der Waals surface area contributed by atoms with Gasteiger partial charge in [-0.2, -0.15) is 4.37 Å². The Morgan fingerprint density at radius 1 is 1.28 bits per heavy atom. The summed E-state index contributed by atoms with van der Waals surface area (Å²) in [5.41, 5.74) is 2.05. The fourth-order valence-electron chi connectivity index (χ4n) is 2.60. The van der Waals surface area contributed by atoms with Crippen LogP contribution in [0.1, 0.15) is 10.5 Å². The third-order valence-electron chi connectivity index (χ3n) is 3.85. The molecule has 1 aliphatic heterocycles. The number of nitrogens with zero attached hydrogens (tertiary/aromatic N) is 4. The molecule has 3 aromatic rings. The maximum Gasteiger partial charge on any atom is 0.275 e. The second-order valence-corrected chi connectivity index (χ2v) is 7.15. The minimum atomic E-state index is -0.219. The molecule has 3 aromatic heterocycles. The molecule has 0 saturated carbocycles. The predicted octanol–water partition coefficient (Wildman–Crippen LogP) is 2.32. The topological polar surface area (TPSA) is 83.0 Å². The normalized spacial score (nSPS) is 14.5. The maximum atomic E-state index is 12.6. The van der Waals surface area contributed by atoms with Crippen molar-refractivity contribution >= 4 is 39.5 Å². The number of rotatable bonds is 4. The third-order valence-corrected chi connectivity index (χ3v) is 5.60. The van der Waals surface area contributed by atoms with Crippen LogP contribution < -0.4 is 15.5 Å². The van der Waals surface area contributed by atoms with E-state index in [1.54, 1.807) is 24.0 Å². The number of hydrogen-bond acceptors (Lipinski definition) is 8. The van der Waals surface area contributed by atoms with Crippen molar-refractivity contribution in [3.63, 3.8) is 0 Å². The summed E-state index contributed by atoms with van der Waals surface area (Å²) < 4.78 is 4.24. The van der Waals surface area contributed by atoms with E-state index in [2.05, 4.69) is 29.9 Å². The van der Waals surface area contributed by atoms with Gasteiger partial charge in [0.25, 0.3) is 5.91 Å². The van der Waals surface area contributed by atoms with Crippen LogP contribution in [0.5, 0.6) is 0 Å². The molecule has 0 radical (unpaired) electrons. The van der Waals surface area contributed by atoms with E-state index in [0.29, 0.717) is 5.69 Å². The van der Waals surface area contributed by atoms with Crippen molar-refractivity contribution < 1.29 is 4.79 Å². The largest absolute Gasteiger partial charge is 0.358 e.